The summed E-state index contributed by atoms with van der Waals surface area (Å²) in [7, 11) is 0. The second-order valence-corrected chi connectivity index (χ2v) is 9.24. The molecule has 146 valence electrons. The summed E-state index contributed by atoms with van der Waals surface area (Å²) < 4.78 is 0. The molecule has 1 saturated carbocycles. The highest BCUT2D eigenvalue weighted by molar-refractivity contribution is 6.09. The largest absolute Gasteiger partial charge is 0.338 e. The molecular formula is C19H32N4O3. The second-order valence-electron chi connectivity index (χ2n) is 9.24. The predicted octanol–water partition coefficient (Wildman–Crippen LogP) is 1.33. The summed E-state index contributed by atoms with van der Waals surface area (Å²) in [6.07, 6.45) is 3.17. The van der Waals surface area contributed by atoms with E-state index in [1.54, 1.807) is 4.90 Å². The summed E-state index contributed by atoms with van der Waals surface area (Å²) in [4.78, 5) is 40.9. The van der Waals surface area contributed by atoms with Crippen LogP contribution in [0.4, 0.5) is 4.79 Å². The molecule has 1 spiro atoms. The average Bonchev–Trinajstić information content (AvgIpc) is 2.78. The lowest BCUT2D eigenvalue weighted by Gasteiger charge is -2.40. The zero-order chi connectivity index (χ0) is 19.1. The van der Waals surface area contributed by atoms with Crippen molar-refractivity contribution in [3.8, 4) is 0 Å². The van der Waals surface area contributed by atoms with E-state index in [4.69, 9.17) is 0 Å². The minimum Gasteiger partial charge on any atom is -0.338 e. The minimum absolute atomic E-state index is 0.151. The molecule has 2 aliphatic heterocycles. The lowest BCUT2D eigenvalue weighted by atomic mass is 9.67. The van der Waals surface area contributed by atoms with Gasteiger partial charge in [-0.25, -0.2) is 4.79 Å². The van der Waals surface area contributed by atoms with Gasteiger partial charge in [-0.05, 0) is 43.9 Å². The highest BCUT2D eigenvalue weighted by Crippen LogP contribution is 2.43. The van der Waals surface area contributed by atoms with Crippen LogP contribution in [0.5, 0.6) is 0 Å². The fourth-order valence-corrected chi connectivity index (χ4v) is 4.53. The predicted molar refractivity (Wildman–Crippen MR) is 98.4 cm³/mol. The molecule has 0 bridgehead atoms. The molecule has 0 aromatic rings. The van der Waals surface area contributed by atoms with Crippen molar-refractivity contribution in [3.63, 3.8) is 0 Å². The highest BCUT2D eigenvalue weighted by Gasteiger charge is 2.53. The molecule has 7 heteroatoms. The van der Waals surface area contributed by atoms with Gasteiger partial charge in [0.1, 0.15) is 12.1 Å². The van der Waals surface area contributed by atoms with Crippen molar-refractivity contribution in [1.29, 1.82) is 0 Å². The normalized spacial score (nSPS) is 32.9. The monoisotopic (exact) mass is 364 g/mol. The third kappa shape index (κ3) is 3.59. The van der Waals surface area contributed by atoms with Crippen molar-refractivity contribution in [3.05, 3.63) is 0 Å². The van der Waals surface area contributed by atoms with Crippen molar-refractivity contribution < 1.29 is 14.4 Å². The summed E-state index contributed by atoms with van der Waals surface area (Å²) in [5.41, 5.74) is -0.586. The van der Waals surface area contributed by atoms with Gasteiger partial charge in [-0.2, -0.15) is 0 Å². The summed E-state index contributed by atoms with van der Waals surface area (Å²) in [6.45, 7) is 10.5. The molecule has 1 aliphatic carbocycles. The molecule has 0 aromatic carbocycles. The SMILES string of the molecule is CC1CN(C(=O)CN2C(=O)NC3(CCC(C(C)(C)C)CC3)C2=O)CCN1. The van der Waals surface area contributed by atoms with Gasteiger partial charge in [0.15, 0.2) is 0 Å². The van der Waals surface area contributed by atoms with Gasteiger partial charge in [-0.3, -0.25) is 14.5 Å². The maximum absolute atomic E-state index is 13.0. The third-order valence-corrected chi connectivity index (χ3v) is 6.32. The highest BCUT2D eigenvalue weighted by atomic mass is 16.2. The molecule has 4 amide bonds. The Kier molecular flexibility index (Phi) is 5.03. The first-order valence-corrected chi connectivity index (χ1v) is 9.78. The van der Waals surface area contributed by atoms with Gasteiger partial charge >= 0.3 is 6.03 Å². The first-order valence-electron chi connectivity index (χ1n) is 9.78. The molecule has 1 atom stereocenters. The molecular weight excluding hydrogens is 332 g/mol. The number of piperazine rings is 1. The lowest BCUT2D eigenvalue weighted by Crippen LogP contribution is -2.54. The summed E-state index contributed by atoms with van der Waals surface area (Å²) in [5.74, 6) is 0.185. The minimum atomic E-state index is -0.796. The van der Waals surface area contributed by atoms with E-state index in [9.17, 15) is 14.4 Å². The van der Waals surface area contributed by atoms with Crippen LogP contribution in [0.1, 0.15) is 53.4 Å². The van der Waals surface area contributed by atoms with E-state index in [0.29, 0.717) is 31.8 Å². The Morgan fingerprint density at radius 1 is 1.23 bits per heavy atom. The smallest absolute Gasteiger partial charge is 0.325 e. The van der Waals surface area contributed by atoms with Crippen molar-refractivity contribution in [2.75, 3.05) is 26.2 Å². The van der Waals surface area contributed by atoms with Gasteiger partial charge in [0, 0.05) is 25.7 Å². The maximum atomic E-state index is 13.0. The fraction of sp³-hybridized carbons (Fsp3) is 0.842. The molecule has 3 rings (SSSR count). The number of carbonyl (C=O) groups is 3. The summed E-state index contributed by atoms with van der Waals surface area (Å²) >= 11 is 0. The number of rotatable bonds is 2. The number of nitrogens with one attached hydrogen (secondary N) is 2. The van der Waals surface area contributed by atoms with Gasteiger partial charge in [-0.1, -0.05) is 20.8 Å². The number of carbonyl (C=O) groups excluding carboxylic acids is 3. The standard InChI is InChI=1S/C19H32N4O3/c1-13-11-22(10-9-20-13)15(24)12-23-16(25)19(21-17(23)26)7-5-14(6-8-19)18(2,3)4/h13-14,20H,5-12H2,1-4H3,(H,21,26). The van der Waals surface area contributed by atoms with Crippen molar-refractivity contribution in [1.82, 2.24) is 20.4 Å². The lowest BCUT2D eigenvalue weighted by molar-refractivity contribution is -0.140. The average molecular weight is 364 g/mol. The van der Waals surface area contributed by atoms with Crippen LogP contribution >= 0.6 is 0 Å². The van der Waals surface area contributed by atoms with Crippen LogP contribution in [0.15, 0.2) is 0 Å². The molecule has 1 unspecified atom stereocenters. The molecule has 0 radical (unpaired) electrons. The number of urea groups is 1. The number of hydrogen-bond donors (Lipinski definition) is 2. The van der Waals surface area contributed by atoms with Crippen LogP contribution in [0, 0.1) is 11.3 Å². The number of hydrogen-bond acceptors (Lipinski definition) is 4. The van der Waals surface area contributed by atoms with Crippen molar-refractivity contribution in [2.24, 2.45) is 11.3 Å². The quantitative estimate of drug-likeness (QED) is 0.725. The van der Waals surface area contributed by atoms with Gasteiger partial charge in [0.25, 0.3) is 5.91 Å². The van der Waals surface area contributed by atoms with E-state index >= 15 is 0 Å². The third-order valence-electron chi connectivity index (χ3n) is 6.32. The number of nitrogens with zero attached hydrogens (tertiary/aromatic N) is 2. The van der Waals surface area contributed by atoms with Crippen LogP contribution in [0.25, 0.3) is 0 Å². The zero-order valence-electron chi connectivity index (χ0n) is 16.4. The van der Waals surface area contributed by atoms with Crippen LogP contribution in [0.3, 0.4) is 0 Å². The first kappa shape index (κ1) is 19.1. The molecule has 2 saturated heterocycles. The molecule has 2 heterocycles. The van der Waals surface area contributed by atoms with E-state index in [0.717, 1.165) is 24.3 Å². The Bertz CT molecular complexity index is 590. The van der Waals surface area contributed by atoms with Gasteiger partial charge in [-0.15, -0.1) is 0 Å². The number of amides is 4. The Morgan fingerprint density at radius 2 is 1.88 bits per heavy atom. The Labute approximate surface area is 155 Å². The van der Waals surface area contributed by atoms with E-state index in [-0.39, 0.29) is 29.8 Å². The van der Waals surface area contributed by atoms with Crippen molar-refractivity contribution in [2.45, 2.75) is 65.0 Å². The van der Waals surface area contributed by atoms with Gasteiger partial charge < -0.3 is 15.5 Å². The van der Waals surface area contributed by atoms with Crippen LogP contribution < -0.4 is 10.6 Å². The van der Waals surface area contributed by atoms with Gasteiger partial charge in [0.05, 0.1) is 0 Å². The molecule has 26 heavy (non-hydrogen) atoms. The maximum Gasteiger partial charge on any atom is 0.325 e. The summed E-state index contributed by atoms with van der Waals surface area (Å²) in [6, 6.07) is -0.185. The summed E-state index contributed by atoms with van der Waals surface area (Å²) in [5, 5.41) is 6.20. The topological polar surface area (TPSA) is 81.8 Å². The van der Waals surface area contributed by atoms with E-state index in [1.165, 1.54) is 0 Å². The Hall–Kier alpha value is -1.63. The zero-order valence-corrected chi connectivity index (χ0v) is 16.4. The molecule has 2 N–H and O–H groups in total. The Balaban J connectivity index is 1.63. The van der Waals surface area contributed by atoms with Crippen LogP contribution in [-0.4, -0.2) is 65.4 Å². The number of imide groups is 1. The fourth-order valence-electron chi connectivity index (χ4n) is 4.53. The van der Waals surface area contributed by atoms with E-state index in [2.05, 4.69) is 31.4 Å². The molecule has 3 aliphatic rings. The van der Waals surface area contributed by atoms with Gasteiger partial charge in [0.2, 0.25) is 5.91 Å². The van der Waals surface area contributed by atoms with Crippen LogP contribution in [0.2, 0.25) is 0 Å². The Morgan fingerprint density at radius 3 is 2.46 bits per heavy atom. The van der Waals surface area contributed by atoms with E-state index < -0.39 is 11.6 Å². The first-order chi connectivity index (χ1) is 12.1. The second kappa shape index (κ2) is 6.83. The van der Waals surface area contributed by atoms with Crippen LogP contribution in [-0.2, 0) is 9.59 Å². The van der Waals surface area contributed by atoms with E-state index in [1.807, 2.05) is 6.92 Å². The molecule has 3 fully saturated rings. The molecule has 7 nitrogen and oxygen atoms in total. The molecule has 0 aromatic heterocycles. The van der Waals surface area contributed by atoms with Crippen molar-refractivity contribution >= 4 is 17.8 Å².